The van der Waals surface area contributed by atoms with E-state index in [0.717, 1.165) is 17.6 Å². The summed E-state index contributed by atoms with van der Waals surface area (Å²) in [4.78, 5) is 25.9. The number of piperidine rings is 1. The molecule has 2 heterocycles. The molecule has 0 amide bonds. The summed E-state index contributed by atoms with van der Waals surface area (Å²) < 4.78 is 12.9. The average molecular weight is 507 g/mol. The first-order valence-electron chi connectivity index (χ1n) is 10.0. The Morgan fingerprint density at radius 3 is 2.74 bits per heavy atom. The van der Waals surface area contributed by atoms with Gasteiger partial charge in [0.2, 0.25) is 0 Å². The minimum Gasteiger partial charge on any atom is -0.491 e. The number of hydrogen-bond donors (Lipinski definition) is 1. The summed E-state index contributed by atoms with van der Waals surface area (Å²) in [5.41, 5.74) is 0.836. The number of rotatable bonds is 6. The van der Waals surface area contributed by atoms with Crippen molar-refractivity contribution in [3.05, 3.63) is 62.2 Å². The van der Waals surface area contributed by atoms with Crippen LogP contribution in [0.15, 0.2) is 56.1 Å². The molecule has 4 rings (SSSR count). The summed E-state index contributed by atoms with van der Waals surface area (Å²) in [7, 11) is 0. The third-order valence-electron chi connectivity index (χ3n) is 5.52. The second-order valence-corrected chi connectivity index (χ2v) is 8.86. The van der Waals surface area contributed by atoms with Gasteiger partial charge in [-0.2, -0.15) is 0 Å². The Kier molecular flexibility index (Phi) is 6.65. The van der Waals surface area contributed by atoms with Crippen LogP contribution in [0.2, 0.25) is 5.02 Å². The topological polar surface area (TPSA) is 80.0 Å². The molecular weight excluding hydrogens is 486 g/mol. The van der Waals surface area contributed by atoms with Gasteiger partial charge in [-0.1, -0.05) is 33.6 Å². The van der Waals surface area contributed by atoms with Gasteiger partial charge in [0.05, 0.1) is 21.9 Å². The van der Waals surface area contributed by atoms with Crippen LogP contribution in [-0.2, 0) is 4.79 Å². The molecule has 1 aliphatic rings. The number of aliphatic carboxylic acids is 1. The van der Waals surface area contributed by atoms with Gasteiger partial charge in [-0.15, -0.1) is 0 Å². The molecule has 0 spiro atoms. The minimum atomic E-state index is -0.716. The third kappa shape index (κ3) is 4.95. The number of para-hydroxylation sites is 1. The first-order valence-corrected chi connectivity index (χ1v) is 11.2. The fourth-order valence-corrected chi connectivity index (χ4v) is 4.34. The number of benzene rings is 2. The van der Waals surface area contributed by atoms with Crippen LogP contribution in [0.4, 0.5) is 0 Å². The molecule has 1 fully saturated rings. The number of fused-ring (bicyclic) bond motifs is 1. The van der Waals surface area contributed by atoms with E-state index in [9.17, 15) is 9.59 Å². The minimum absolute atomic E-state index is 0.172. The van der Waals surface area contributed by atoms with Crippen molar-refractivity contribution in [2.45, 2.75) is 12.8 Å². The standard InChI is InChI=1S/C23H21BrClNO5/c24-15-4-5-17(21-13-19(27)16-2-1-3-18(25)22(16)31-21)20(12-15)30-11-10-26-8-6-14(7-9-26)23(28)29/h1-5,12-14H,6-11H2,(H,28,29). The Labute approximate surface area is 192 Å². The predicted molar refractivity (Wildman–Crippen MR) is 123 cm³/mol. The van der Waals surface area contributed by atoms with Gasteiger partial charge < -0.3 is 14.3 Å². The average Bonchev–Trinajstić information content (AvgIpc) is 2.75. The van der Waals surface area contributed by atoms with Crippen molar-refractivity contribution in [3.63, 3.8) is 0 Å². The summed E-state index contributed by atoms with van der Waals surface area (Å²) in [5, 5.41) is 9.94. The summed E-state index contributed by atoms with van der Waals surface area (Å²) in [5.74, 6) is 0.00265. The first-order chi connectivity index (χ1) is 14.9. The fraction of sp³-hybridized carbons (Fsp3) is 0.304. The van der Waals surface area contributed by atoms with Crippen LogP contribution >= 0.6 is 27.5 Å². The number of carboxylic acids is 1. The molecule has 1 aromatic heterocycles. The molecule has 1 aliphatic heterocycles. The van der Waals surface area contributed by atoms with Crippen molar-refractivity contribution in [2.24, 2.45) is 5.92 Å². The third-order valence-corrected chi connectivity index (χ3v) is 6.31. The van der Waals surface area contributed by atoms with Crippen molar-refractivity contribution in [1.82, 2.24) is 4.90 Å². The van der Waals surface area contributed by atoms with Crippen LogP contribution in [0.3, 0.4) is 0 Å². The van der Waals surface area contributed by atoms with Gasteiger partial charge in [-0.05, 0) is 56.3 Å². The highest BCUT2D eigenvalue weighted by atomic mass is 79.9. The zero-order valence-corrected chi connectivity index (χ0v) is 19.0. The second-order valence-electron chi connectivity index (χ2n) is 7.53. The van der Waals surface area contributed by atoms with Crippen LogP contribution in [0, 0.1) is 5.92 Å². The lowest BCUT2D eigenvalue weighted by atomic mass is 9.97. The molecule has 1 saturated heterocycles. The smallest absolute Gasteiger partial charge is 0.306 e. The lowest BCUT2D eigenvalue weighted by molar-refractivity contribution is -0.143. The van der Waals surface area contributed by atoms with Gasteiger partial charge in [0.1, 0.15) is 18.1 Å². The number of hydrogen-bond acceptors (Lipinski definition) is 5. The van der Waals surface area contributed by atoms with Gasteiger partial charge in [0.25, 0.3) is 0 Å². The van der Waals surface area contributed by atoms with E-state index < -0.39 is 5.97 Å². The molecule has 6 nitrogen and oxygen atoms in total. The zero-order chi connectivity index (χ0) is 22.0. The molecule has 0 bridgehead atoms. The van der Waals surface area contributed by atoms with Crippen LogP contribution in [0.5, 0.6) is 5.75 Å². The molecule has 0 aliphatic carbocycles. The van der Waals surface area contributed by atoms with E-state index in [1.807, 2.05) is 18.2 Å². The molecule has 162 valence electrons. The van der Waals surface area contributed by atoms with Crippen LogP contribution in [-0.4, -0.2) is 42.2 Å². The summed E-state index contributed by atoms with van der Waals surface area (Å²) in [6.07, 6.45) is 1.31. The van der Waals surface area contributed by atoms with E-state index in [0.29, 0.717) is 59.1 Å². The first kappa shape index (κ1) is 21.9. The molecule has 3 aromatic rings. The van der Waals surface area contributed by atoms with Crippen molar-refractivity contribution < 1.29 is 19.1 Å². The van der Waals surface area contributed by atoms with E-state index in [1.54, 1.807) is 18.2 Å². The molecule has 2 aromatic carbocycles. The Morgan fingerprint density at radius 1 is 1.23 bits per heavy atom. The number of nitrogens with zero attached hydrogens (tertiary/aromatic N) is 1. The highest BCUT2D eigenvalue weighted by Crippen LogP contribution is 2.34. The van der Waals surface area contributed by atoms with Gasteiger partial charge in [0, 0.05) is 17.1 Å². The van der Waals surface area contributed by atoms with Gasteiger partial charge in [-0.3, -0.25) is 14.5 Å². The van der Waals surface area contributed by atoms with E-state index >= 15 is 0 Å². The largest absolute Gasteiger partial charge is 0.491 e. The van der Waals surface area contributed by atoms with Crippen LogP contribution < -0.4 is 10.2 Å². The van der Waals surface area contributed by atoms with E-state index in [2.05, 4.69) is 20.8 Å². The van der Waals surface area contributed by atoms with E-state index in [-0.39, 0.29) is 11.3 Å². The maximum Gasteiger partial charge on any atom is 0.306 e. The predicted octanol–water partition coefficient (Wildman–Crippen LogP) is 5.05. The SMILES string of the molecule is O=C(O)C1CCN(CCOc2cc(Br)ccc2-c2cc(=O)c3cccc(Cl)c3o2)CC1. The Balaban J connectivity index is 1.52. The monoisotopic (exact) mass is 505 g/mol. The maximum atomic E-state index is 12.6. The summed E-state index contributed by atoms with van der Waals surface area (Å²) in [6.45, 7) is 2.60. The van der Waals surface area contributed by atoms with Crippen molar-refractivity contribution in [1.29, 1.82) is 0 Å². The normalized spacial score (nSPS) is 15.3. The molecule has 1 N–H and O–H groups in total. The van der Waals surface area contributed by atoms with E-state index in [1.165, 1.54) is 6.07 Å². The fourth-order valence-electron chi connectivity index (χ4n) is 3.78. The Bertz CT molecular complexity index is 1170. The molecule has 0 radical (unpaired) electrons. The summed E-state index contributed by atoms with van der Waals surface area (Å²) >= 11 is 9.70. The zero-order valence-electron chi connectivity index (χ0n) is 16.6. The van der Waals surface area contributed by atoms with Gasteiger partial charge in [-0.25, -0.2) is 0 Å². The molecule has 31 heavy (non-hydrogen) atoms. The quantitative estimate of drug-likeness (QED) is 0.504. The molecule has 8 heteroatoms. The molecule has 0 saturated carbocycles. The van der Waals surface area contributed by atoms with Gasteiger partial charge in [0.15, 0.2) is 11.0 Å². The number of ether oxygens (including phenoxy) is 1. The molecular formula is C23H21BrClNO5. The van der Waals surface area contributed by atoms with Crippen LogP contribution in [0.1, 0.15) is 12.8 Å². The van der Waals surface area contributed by atoms with Gasteiger partial charge >= 0.3 is 5.97 Å². The van der Waals surface area contributed by atoms with Crippen molar-refractivity contribution in [2.75, 3.05) is 26.2 Å². The maximum absolute atomic E-state index is 12.6. The Morgan fingerprint density at radius 2 is 2.00 bits per heavy atom. The lowest BCUT2D eigenvalue weighted by Crippen LogP contribution is -2.38. The molecule has 0 unspecified atom stereocenters. The highest BCUT2D eigenvalue weighted by molar-refractivity contribution is 9.10. The number of carbonyl (C=O) groups is 1. The number of halogens is 2. The van der Waals surface area contributed by atoms with Crippen molar-refractivity contribution >= 4 is 44.5 Å². The lowest BCUT2D eigenvalue weighted by Gasteiger charge is -2.29. The van der Waals surface area contributed by atoms with Crippen LogP contribution in [0.25, 0.3) is 22.3 Å². The van der Waals surface area contributed by atoms with E-state index in [4.69, 9.17) is 25.9 Å². The highest BCUT2D eigenvalue weighted by Gasteiger charge is 2.24. The number of carboxylic acid groups (broad SMARTS) is 1. The second kappa shape index (κ2) is 9.42. The number of likely N-dealkylation sites (tertiary alicyclic amines) is 1. The summed E-state index contributed by atoms with van der Waals surface area (Å²) in [6, 6.07) is 12.1. The molecule has 0 atom stereocenters. The van der Waals surface area contributed by atoms with Crippen molar-refractivity contribution in [3.8, 4) is 17.1 Å². The Hall–Kier alpha value is -2.35.